The average molecular weight is 237 g/mol. The summed E-state index contributed by atoms with van der Waals surface area (Å²) in [6.07, 6.45) is 2.74. The van der Waals surface area contributed by atoms with Crippen molar-refractivity contribution in [1.82, 2.24) is 4.90 Å². The number of carbonyl (C=O) groups excluding carboxylic acids is 1. The summed E-state index contributed by atoms with van der Waals surface area (Å²) in [6.45, 7) is 7.69. The van der Waals surface area contributed by atoms with Crippen molar-refractivity contribution in [2.24, 2.45) is 17.1 Å². The molecule has 0 aromatic rings. The van der Waals surface area contributed by atoms with Crippen LogP contribution in [0.1, 0.15) is 40.0 Å². The summed E-state index contributed by atoms with van der Waals surface area (Å²) >= 11 is 0. The van der Waals surface area contributed by atoms with E-state index in [0.29, 0.717) is 6.04 Å². The Morgan fingerprint density at radius 3 is 2.71 bits per heavy atom. The molecule has 1 aliphatic rings. The van der Waals surface area contributed by atoms with E-state index in [2.05, 4.69) is 17.9 Å². The normalized spacial score (nSPS) is 26.5. The topological polar surface area (TPSA) is 70.1 Å². The zero-order valence-corrected chi connectivity index (χ0v) is 11.1. The Morgan fingerprint density at radius 1 is 1.53 bits per heavy atom. The maximum absolute atomic E-state index is 11.2. The van der Waals surface area contributed by atoms with Gasteiger partial charge in [0.1, 0.15) is 0 Å². The standard InChI is InChI=1S/C13H23N3O/c1-10-4-5-11(12(15)17)8-16(10)7-6-13(2,3)9-14/h10-11H,4-8H2,1-3H3,(H2,15,17). The Kier molecular flexibility index (Phi) is 4.53. The molecular formula is C13H23N3O. The van der Waals surface area contributed by atoms with Crippen molar-refractivity contribution in [3.8, 4) is 6.07 Å². The first kappa shape index (κ1) is 14.0. The molecule has 1 heterocycles. The van der Waals surface area contributed by atoms with Crippen LogP contribution < -0.4 is 5.73 Å². The number of hydrogen-bond donors (Lipinski definition) is 1. The minimum atomic E-state index is -0.292. The van der Waals surface area contributed by atoms with Crippen LogP contribution in [0.5, 0.6) is 0 Å². The molecule has 0 spiro atoms. The van der Waals surface area contributed by atoms with Crippen LogP contribution in [0.25, 0.3) is 0 Å². The molecule has 0 aromatic heterocycles. The van der Waals surface area contributed by atoms with E-state index in [-0.39, 0.29) is 17.2 Å². The van der Waals surface area contributed by atoms with Gasteiger partial charge in [-0.3, -0.25) is 9.69 Å². The number of nitriles is 1. The van der Waals surface area contributed by atoms with Gasteiger partial charge in [-0.25, -0.2) is 0 Å². The van der Waals surface area contributed by atoms with Gasteiger partial charge in [-0.2, -0.15) is 5.26 Å². The molecule has 2 unspecified atom stereocenters. The second-order valence-electron chi connectivity index (χ2n) is 5.77. The third-order valence-electron chi connectivity index (χ3n) is 3.74. The maximum atomic E-state index is 11.2. The molecule has 17 heavy (non-hydrogen) atoms. The second kappa shape index (κ2) is 5.50. The molecule has 0 bridgehead atoms. The zero-order chi connectivity index (χ0) is 13.1. The summed E-state index contributed by atoms with van der Waals surface area (Å²) in [4.78, 5) is 13.5. The fourth-order valence-corrected chi connectivity index (χ4v) is 2.20. The lowest BCUT2D eigenvalue weighted by Gasteiger charge is -2.37. The minimum Gasteiger partial charge on any atom is -0.369 e. The molecule has 4 heteroatoms. The number of rotatable bonds is 4. The fraction of sp³-hybridized carbons (Fsp3) is 0.846. The Balaban J connectivity index is 2.51. The van der Waals surface area contributed by atoms with E-state index < -0.39 is 0 Å². The third kappa shape index (κ3) is 4.01. The molecule has 0 radical (unpaired) electrons. The molecule has 1 aliphatic heterocycles. The first-order chi connectivity index (χ1) is 7.85. The van der Waals surface area contributed by atoms with Gasteiger partial charge in [-0.1, -0.05) is 0 Å². The van der Waals surface area contributed by atoms with Gasteiger partial charge in [-0.15, -0.1) is 0 Å². The van der Waals surface area contributed by atoms with Gasteiger partial charge in [0, 0.05) is 12.6 Å². The molecule has 0 saturated carbocycles. The monoisotopic (exact) mass is 237 g/mol. The maximum Gasteiger partial charge on any atom is 0.221 e. The number of hydrogen-bond acceptors (Lipinski definition) is 3. The van der Waals surface area contributed by atoms with E-state index in [1.807, 2.05) is 13.8 Å². The van der Waals surface area contributed by atoms with Gasteiger partial charge in [0.15, 0.2) is 0 Å². The van der Waals surface area contributed by atoms with Crippen molar-refractivity contribution in [2.45, 2.75) is 46.1 Å². The molecule has 1 saturated heterocycles. The summed E-state index contributed by atoms with van der Waals surface area (Å²) in [7, 11) is 0. The largest absolute Gasteiger partial charge is 0.369 e. The lowest BCUT2D eigenvalue weighted by molar-refractivity contribution is -0.124. The Labute approximate surface area is 104 Å². The molecule has 96 valence electrons. The Hall–Kier alpha value is -1.08. The van der Waals surface area contributed by atoms with Crippen molar-refractivity contribution >= 4 is 5.91 Å². The predicted octanol–water partition coefficient (Wildman–Crippen LogP) is 1.51. The van der Waals surface area contributed by atoms with Crippen molar-refractivity contribution in [3.63, 3.8) is 0 Å². The van der Waals surface area contributed by atoms with Crippen molar-refractivity contribution in [1.29, 1.82) is 5.26 Å². The van der Waals surface area contributed by atoms with Crippen LogP contribution in [-0.4, -0.2) is 29.9 Å². The van der Waals surface area contributed by atoms with Crippen LogP contribution in [0.3, 0.4) is 0 Å². The number of primary amides is 1. The molecule has 1 rings (SSSR count). The lowest BCUT2D eigenvalue weighted by atomic mass is 9.88. The molecule has 2 atom stereocenters. The van der Waals surface area contributed by atoms with Crippen LogP contribution in [0.2, 0.25) is 0 Å². The minimum absolute atomic E-state index is 0.0172. The van der Waals surface area contributed by atoms with E-state index in [0.717, 1.165) is 32.4 Å². The van der Waals surface area contributed by atoms with Crippen molar-refractivity contribution < 1.29 is 4.79 Å². The van der Waals surface area contributed by atoms with Gasteiger partial charge in [0.2, 0.25) is 5.91 Å². The second-order valence-corrected chi connectivity index (χ2v) is 5.77. The Morgan fingerprint density at radius 2 is 2.18 bits per heavy atom. The average Bonchev–Trinajstić information content (AvgIpc) is 2.27. The quantitative estimate of drug-likeness (QED) is 0.805. The highest BCUT2D eigenvalue weighted by Gasteiger charge is 2.29. The van der Waals surface area contributed by atoms with Gasteiger partial charge in [0.25, 0.3) is 0 Å². The fourth-order valence-electron chi connectivity index (χ4n) is 2.20. The van der Waals surface area contributed by atoms with Crippen LogP contribution in [0.15, 0.2) is 0 Å². The molecular weight excluding hydrogens is 214 g/mol. The molecule has 0 aromatic carbocycles. The van der Waals surface area contributed by atoms with Gasteiger partial charge < -0.3 is 5.73 Å². The predicted molar refractivity (Wildman–Crippen MR) is 67.0 cm³/mol. The zero-order valence-electron chi connectivity index (χ0n) is 11.1. The van der Waals surface area contributed by atoms with E-state index in [1.165, 1.54) is 0 Å². The number of amides is 1. The summed E-state index contributed by atoms with van der Waals surface area (Å²) in [5.41, 5.74) is 5.07. The van der Waals surface area contributed by atoms with E-state index in [9.17, 15) is 4.79 Å². The first-order valence-corrected chi connectivity index (χ1v) is 6.30. The van der Waals surface area contributed by atoms with Crippen LogP contribution in [0.4, 0.5) is 0 Å². The van der Waals surface area contributed by atoms with E-state index in [1.54, 1.807) is 0 Å². The number of nitrogens with zero attached hydrogens (tertiary/aromatic N) is 2. The first-order valence-electron chi connectivity index (χ1n) is 6.30. The van der Waals surface area contributed by atoms with Gasteiger partial charge >= 0.3 is 0 Å². The van der Waals surface area contributed by atoms with E-state index >= 15 is 0 Å². The highest BCUT2D eigenvalue weighted by atomic mass is 16.1. The highest BCUT2D eigenvalue weighted by Crippen LogP contribution is 2.25. The van der Waals surface area contributed by atoms with Gasteiger partial charge in [-0.05, 0) is 46.6 Å². The van der Waals surface area contributed by atoms with Gasteiger partial charge in [0.05, 0.1) is 17.4 Å². The number of nitrogens with two attached hydrogens (primary N) is 1. The summed E-state index contributed by atoms with van der Waals surface area (Å²) < 4.78 is 0. The molecule has 1 amide bonds. The van der Waals surface area contributed by atoms with Crippen LogP contribution >= 0.6 is 0 Å². The smallest absolute Gasteiger partial charge is 0.221 e. The number of likely N-dealkylation sites (tertiary alicyclic amines) is 1. The number of carbonyl (C=O) groups is 1. The van der Waals surface area contributed by atoms with Crippen LogP contribution in [-0.2, 0) is 4.79 Å². The summed E-state index contributed by atoms with van der Waals surface area (Å²) in [5, 5.41) is 8.99. The SMILES string of the molecule is CC1CCC(C(N)=O)CN1CCC(C)(C)C#N. The Bertz CT molecular complexity index is 319. The third-order valence-corrected chi connectivity index (χ3v) is 3.74. The lowest BCUT2D eigenvalue weighted by Crippen LogP contribution is -2.46. The number of piperidine rings is 1. The molecule has 4 nitrogen and oxygen atoms in total. The summed E-state index contributed by atoms with van der Waals surface area (Å²) in [5.74, 6) is -0.210. The molecule has 1 fully saturated rings. The van der Waals surface area contributed by atoms with Crippen molar-refractivity contribution in [3.05, 3.63) is 0 Å². The van der Waals surface area contributed by atoms with E-state index in [4.69, 9.17) is 11.0 Å². The van der Waals surface area contributed by atoms with Crippen molar-refractivity contribution in [2.75, 3.05) is 13.1 Å². The van der Waals surface area contributed by atoms with Crippen LogP contribution in [0, 0.1) is 22.7 Å². The highest BCUT2D eigenvalue weighted by molar-refractivity contribution is 5.76. The molecule has 2 N–H and O–H groups in total. The molecule has 0 aliphatic carbocycles. The summed E-state index contributed by atoms with van der Waals surface area (Å²) in [6, 6.07) is 2.80.